The van der Waals surface area contributed by atoms with E-state index in [1.807, 2.05) is 61.5 Å². The Hall–Kier alpha value is -2.56. The molecule has 1 N–H and O–H groups in total. The van der Waals surface area contributed by atoms with Crippen molar-refractivity contribution in [2.24, 2.45) is 0 Å². The van der Waals surface area contributed by atoms with Crippen LogP contribution in [0.25, 0.3) is 0 Å². The largest absolute Gasteiger partial charge is 0.477 e. The minimum Gasteiger partial charge on any atom is -0.477 e. The molecule has 1 atom stereocenters. The van der Waals surface area contributed by atoms with Crippen molar-refractivity contribution in [3.63, 3.8) is 0 Å². The third-order valence-corrected chi connectivity index (χ3v) is 4.71. The van der Waals surface area contributed by atoms with Crippen molar-refractivity contribution in [3.05, 3.63) is 93.6 Å². The second kappa shape index (κ2) is 9.58. The molecule has 2 aromatic carbocycles. The number of halogens is 2. The molecule has 4 nitrogen and oxygen atoms in total. The lowest BCUT2D eigenvalue weighted by atomic mass is 10.1. The van der Waals surface area contributed by atoms with Crippen LogP contribution in [0.1, 0.15) is 34.5 Å². The van der Waals surface area contributed by atoms with Gasteiger partial charge in [0.2, 0.25) is 5.88 Å². The maximum atomic E-state index is 12.8. The number of carbonyl (C=O) groups excluding carboxylic acids is 1. The first-order valence-corrected chi connectivity index (χ1v) is 9.67. The lowest BCUT2D eigenvalue weighted by molar-refractivity contribution is 0.0935. The minimum absolute atomic E-state index is 0.158. The number of aromatic nitrogens is 1. The second-order valence-corrected chi connectivity index (χ2v) is 7.21. The van der Waals surface area contributed by atoms with E-state index in [1.54, 1.807) is 6.07 Å². The number of pyridine rings is 1. The summed E-state index contributed by atoms with van der Waals surface area (Å²) in [4.78, 5) is 17.0. The maximum Gasteiger partial charge on any atom is 0.257 e. The highest BCUT2D eigenvalue weighted by atomic mass is 35.5. The number of amides is 1. The molecule has 6 heteroatoms. The highest BCUT2D eigenvalue weighted by Gasteiger charge is 2.18. The zero-order chi connectivity index (χ0) is 19.9. The van der Waals surface area contributed by atoms with Gasteiger partial charge in [-0.15, -0.1) is 0 Å². The fourth-order valence-electron chi connectivity index (χ4n) is 2.72. The molecule has 1 heterocycles. The van der Waals surface area contributed by atoms with E-state index >= 15 is 0 Å². The number of hydrogen-bond donors (Lipinski definition) is 1. The quantitative estimate of drug-likeness (QED) is 0.554. The standard InChI is InChI=1S/C22H20Cl2N2O2/c1-15(17-5-3-2-4-6-17)26-21(27)20-13-19(24)14-25-22(20)28-12-11-16-7-9-18(23)10-8-16/h2-10,13-15H,11-12H2,1H3,(H,26,27)/t15-/m0/s1. The summed E-state index contributed by atoms with van der Waals surface area (Å²) >= 11 is 11.9. The Kier molecular flexibility index (Phi) is 6.90. The first-order valence-electron chi connectivity index (χ1n) is 8.91. The highest BCUT2D eigenvalue weighted by molar-refractivity contribution is 6.31. The molecular formula is C22H20Cl2N2O2. The monoisotopic (exact) mass is 414 g/mol. The zero-order valence-electron chi connectivity index (χ0n) is 15.4. The third kappa shape index (κ3) is 5.47. The van der Waals surface area contributed by atoms with Gasteiger partial charge >= 0.3 is 0 Å². The van der Waals surface area contributed by atoms with Crippen molar-refractivity contribution >= 4 is 29.1 Å². The molecule has 0 saturated carbocycles. The molecule has 3 aromatic rings. The van der Waals surface area contributed by atoms with Gasteiger partial charge in [-0.3, -0.25) is 4.79 Å². The minimum atomic E-state index is -0.284. The van der Waals surface area contributed by atoms with Gasteiger partial charge in [-0.25, -0.2) is 4.98 Å². The van der Waals surface area contributed by atoms with E-state index in [0.29, 0.717) is 28.6 Å². The first-order chi connectivity index (χ1) is 13.5. The summed E-state index contributed by atoms with van der Waals surface area (Å²) in [5.41, 5.74) is 2.41. The molecule has 144 valence electrons. The van der Waals surface area contributed by atoms with E-state index in [1.165, 1.54) is 6.20 Å². The van der Waals surface area contributed by atoms with Crippen LogP contribution in [0.15, 0.2) is 66.9 Å². The Bertz CT molecular complexity index is 931. The Morgan fingerprint density at radius 3 is 2.50 bits per heavy atom. The molecule has 0 saturated heterocycles. The van der Waals surface area contributed by atoms with Crippen LogP contribution in [0, 0.1) is 0 Å². The van der Waals surface area contributed by atoms with Gasteiger partial charge in [0.1, 0.15) is 5.56 Å². The predicted molar refractivity (Wildman–Crippen MR) is 112 cm³/mol. The lowest BCUT2D eigenvalue weighted by Gasteiger charge is -2.16. The highest BCUT2D eigenvalue weighted by Crippen LogP contribution is 2.22. The Morgan fingerprint density at radius 2 is 1.79 bits per heavy atom. The van der Waals surface area contributed by atoms with Gasteiger partial charge in [0, 0.05) is 17.6 Å². The molecule has 3 rings (SSSR count). The number of nitrogens with one attached hydrogen (secondary N) is 1. The zero-order valence-corrected chi connectivity index (χ0v) is 16.9. The summed E-state index contributed by atoms with van der Waals surface area (Å²) in [6, 6.07) is 18.7. The molecule has 0 aliphatic carbocycles. The van der Waals surface area contributed by atoms with E-state index in [9.17, 15) is 4.79 Å². The number of carbonyl (C=O) groups is 1. The number of ether oxygens (including phenoxy) is 1. The molecule has 1 amide bonds. The van der Waals surface area contributed by atoms with E-state index < -0.39 is 0 Å². The van der Waals surface area contributed by atoms with Crippen molar-refractivity contribution in [2.75, 3.05) is 6.61 Å². The first kappa shape index (κ1) is 20.2. The fourth-order valence-corrected chi connectivity index (χ4v) is 3.00. The van der Waals surface area contributed by atoms with Gasteiger partial charge in [-0.1, -0.05) is 65.7 Å². The molecule has 28 heavy (non-hydrogen) atoms. The number of rotatable bonds is 7. The summed E-state index contributed by atoms with van der Waals surface area (Å²) in [5.74, 6) is -0.0241. The molecule has 0 spiro atoms. The second-order valence-electron chi connectivity index (χ2n) is 6.34. The molecule has 0 aliphatic heterocycles. The summed E-state index contributed by atoms with van der Waals surface area (Å²) in [6.45, 7) is 2.30. The number of nitrogens with zero attached hydrogens (tertiary/aromatic N) is 1. The van der Waals surface area contributed by atoms with Crippen LogP contribution in [0.5, 0.6) is 5.88 Å². The van der Waals surface area contributed by atoms with Crippen LogP contribution in [0.4, 0.5) is 0 Å². The van der Waals surface area contributed by atoms with Crippen molar-refractivity contribution in [1.82, 2.24) is 10.3 Å². The molecule has 0 bridgehead atoms. The van der Waals surface area contributed by atoms with Gasteiger partial charge in [-0.2, -0.15) is 0 Å². The normalized spacial score (nSPS) is 11.7. The van der Waals surface area contributed by atoms with Gasteiger partial charge in [0.25, 0.3) is 5.91 Å². The molecular weight excluding hydrogens is 395 g/mol. The van der Waals surface area contributed by atoms with Crippen LogP contribution in [0.3, 0.4) is 0 Å². The lowest BCUT2D eigenvalue weighted by Crippen LogP contribution is -2.27. The number of hydrogen-bond acceptors (Lipinski definition) is 3. The molecule has 0 unspecified atom stereocenters. The van der Waals surface area contributed by atoms with E-state index in [0.717, 1.165) is 11.1 Å². The average molecular weight is 415 g/mol. The van der Waals surface area contributed by atoms with Crippen molar-refractivity contribution in [3.8, 4) is 5.88 Å². The summed E-state index contributed by atoms with van der Waals surface area (Å²) in [7, 11) is 0. The predicted octanol–water partition coefficient (Wildman–Crippen LogP) is 5.50. The SMILES string of the molecule is C[C@H](NC(=O)c1cc(Cl)cnc1OCCc1ccc(Cl)cc1)c1ccccc1. The van der Waals surface area contributed by atoms with Gasteiger partial charge in [0.15, 0.2) is 0 Å². The van der Waals surface area contributed by atoms with Crippen molar-refractivity contribution < 1.29 is 9.53 Å². The molecule has 0 aliphatic rings. The molecule has 0 fully saturated rings. The van der Waals surface area contributed by atoms with Crippen LogP contribution >= 0.6 is 23.2 Å². The van der Waals surface area contributed by atoms with Gasteiger partial charge in [-0.05, 0) is 36.2 Å². The summed E-state index contributed by atoms with van der Waals surface area (Å²) in [5, 5.41) is 4.03. The van der Waals surface area contributed by atoms with Crippen LogP contribution in [0.2, 0.25) is 10.0 Å². The molecule has 0 radical (unpaired) electrons. The topological polar surface area (TPSA) is 51.2 Å². The van der Waals surface area contributed by atoms with Crippen molar-refractivity contribution in [1.29, 1.82) is 0 Å². The van der Waals surface area contributed by atoms with E-state index in [2.05, 4.69) is 10.3 Å². The average Bonchev–Trinajstić information content (AvgIpc) is 2.71. The van der Waals surface area contributed by atoms with Gasteiger partial charge in [0.05, 0.1) is 17.7 Å². The maximum absolute atomic E-state index is 12.8. The van der Waals surface area contributed by atoms with E-state index in [-0.39, 0.29) is 17.8 Å². The van der Waals surface area contributed by atoms with E-state index in [4.69, 9.17) is 27.9 Å². The van der Waals surface area contributed by atoms with Crippen LogP contribution in [-0.2, 0) is 6.42 Å². The summed E-state index contributed by atoms with van der Waals surface area (Å²) in [6.07, 6.45) is 2.14. The Balaban J connectivity index is 1.67. The van der Waals surface area contributed by atoms with Crippen LogP contribution < -0.4 is 10.1 Å². The number of benzene rings is 2. The summed E-state index contributed by atoms with van der Waals surface area (Å²) < 4.78 is 5.77. The Morgan fingerprint density at radius 1 is 1.07 bits per heavy atom. The fraction of sp³-hybridized carbons (Fsp3) is 0.182. The van der Waals surface area contributed by atoms with Crippen LogP contribution in [-0.4, -0.2) is 17.5 Å². The smallest absolute Gasteiger partial charge is 0.257 e. The van der Waals surface area contributed by atoms with Crippen molar-refractivity contribution in [2.45, 2.75) is 19.4 Å². The Labute approximate surface area is 174 Å². The third-order valence-electron chi connectivity index (χ3n) is 4.25. The molecule has 1 aromatic heterocycles. The van der Waals surface area contributed by atoms with Gasteiger partial charge < -0.3 is 10.1 Å².